The topological polar surface area (TPSA) is 49.9 Å². The maximum Gasteiger partial charge on any atom is 0.121 e. The van der Waals surface area contributed by atoms with Crippen LogP contribution in [0.5, 0.6) is 5.75 Å². The van der Waals surface area contributed by atoms with Crippen molar-refractivity contribution >= 4 is 15.9 Å². The molecule has 2 heterocycles. The van der Waals surface area contributed by atoms with E-state index in [9.17, 15) is 0 Å². The quantitative estimate of drug-likeness (QED) is 0.901. The summed E-state index contributed by atoms with van der Waals surface area (Å²) in [5.74, 6) is 0.901. The summed E-state index contributed by atoms with van der Waals surface area (Å²) < 4.78 is 6.36. The van der Waals surface area contributed by atoms with Gasteiger partial charge in [-0.25, -0.2) is 0 Å². The van der Waals surface area contributed by atoms with Crippen LogP contribution in [-0.4, -0.2) is 23.9 Å². The zero-order valence-corrected chi connectivity index (χ0v) is 13.3. The molecule has 3 rings (SSSR count). The first kappa shape index (κ1) is 13.6. The fourth-order valence-corrected chi connectivity index (χ4v) is 3.40. The van der Waals surface area contributed by atoms with Crippen molar-refractivity contribution in [3.8, 4) is 17.0 Å². The summed E-state index contributed by atoms with van der Waals surface area (Å²) >= 11 is 3.69. The van der Waals surface area contributed by atoms with Crippen molar-refractivity contribution < 1.29 is 4.74 Å². The Morgan fingerprint density at radius 2 is 2.25 bits per heavy atom. The average molecular weight is 336 g/mol. The number of aromatic amines is 1. The normalized spacial score (nSPS) is 18.4. The van der Waals surface area contributed by atoms with Crippen LogP contribution in [-0.2, 0) is 0 Å². The molecular formula is C15H18BrN3O. The molecule has 0 radical (unpaired) electrons. The third-order valence-electron chi connectivity index (χ3n) is 3.81. The van der Waals surface area contributed by atoms with Crippen LogP contribution < -0.4 is 10.1 Å². The Hall–Kier alpha value is -1.33. The van der Waals surface area contributed by atoms with Gasteiger partial charge in [-0.3, -0.25) is 5.10 Å². The van der Waals surface area contributed by atoms with Crippen molar-refractivity contribution in [2.24, 2.45) is 0 Å². The van der Waals surface area contributed by atoms with Crippen LogP contribution >= 0.6 is 15.9 Å². The Balaban J connectivity index is 1.96. The molecule has 0 aliphatic carbocycles. The summed E-state index contributed by atoms with van der Waals surface area (Å²) in [5.41, 5.74) is 4.31. The molecule has 1 aromatic carbocycles. The molecule has 1 saturated heterocycles. The van der Waals surface area contributed by atoms with Gasteiger partial charge in [0.25, 0.3) is 0 Å². The van der Waals surface area contributed by atoms with E-state index in [0.717, 1.165) is 45.7 Å². The number of halogens is 1. The van der Waals surface area contributed by atoms with Crippen molar-refractivity contribution in [3.05, 3.63) is 33.9 Å². The van der Waals surface area contributed by atoms with Crippen molar-refractivity contribution in [1.82, 2.24) is 15.5 Å². The van der Waals surface area contributed by atoms with Gasteiger partial charge in [0, 0.05) is 5.56 Å². The number of methoxy groups -OCH3 is 1. The van der Waals surface area contributed by atoms with Crippen molar-refractivity contribution in [2.45, 2.75) is 25.8 Å². The number of nitrogens with zero attached hydrogens (tertiary/aromatic N) is 1. The van der Waals surface area contributed by atoms with E-state index >= 15 is 0 Å². The fraction of sp³-hybridized carbons (Fsp3) is 0.400. The molecule has 4 nitrogen and oxygen atoms in total. The molecule has 0 spiro atoms. The largest absolute Gasteiger partial charge is 0.496 e. The molecule has 1 aliphatic heterocycles. The van der Waals surface area contributed by atoms with Crippen LogP contribution in [0.15, 0.2) is 22.7 Å². The summed E-state index contributed by atoms with van der Waals surface area (Å²) in [6, 6.07) is 6.51. The number of H-pyrrole nitrogens is 1. The van der Waals surface area contributed by atoms with Gasteiger partial charge < -0.3 is 10.1 Å². The standard InChI is InChI=1S/C15H18BrN3O/c1-9-8-10(5-6-12(9)20-2)14-13(16)15(19-18-14)11-4-3-7-17-11/h5-6,8,11,17H,3-4,7H2,1-2H3,(H,18,19). The van der Waals surface area contributed by atoms with Gasteiger partial charge in [0.1, 0.15) is 11.4 Å². The minimum atomic E-state index is 0.380. The molecule has 0 bridgehead atoms. The van der Waals surface area contributed by atoms with Gasteiger partial charge >= 0.3 is 0 Å². The smallest absolute Gasteiger partial charge is 0.121 e. The molecule has 0 saturated carbocycles. The van der Waals surface area contributed by atoms with E-state index in [1.807, 2.05) is 19.1 Å². The summed E-state index contributed by atoms with van der Waals surface area (Å²) in [7, 11) is 1.69. The third kappa shape index (κ3) is 2.36. The summed E-state index contributed by atoms with van der Waals surface area (Å²) in [6.45, 7) is 3.12. The van der Waals surface area contributed by atoms with E-state index in [1.165, 1.54) is 6.42 Å². The summed E-state index contributed by atoms with van der Waals surface area (Å²) in [4.78, 5) is 0. The molecule has 1 fully saturated rings. The van der Waals surface area contributed by atoms with E-state index in [0.29, 0.717) is 6.04 Å². The number of aromatic nitrogens is 2. The number of benzene rings is 1. The number of aryl methyl sites for hydroxylation is 1. The predicted molar refractivity (Wildman–Crippen MR) is 83.0 cm³/mol. The van der Waals surface area contributed by atoms with Crippen molar-refractivity contribution in [2.75, 3.05) is 13.7 Å². The summed E-state index contributed by atoms with van der Waals surface area (Å²) in [5, 5.41) is 11.1. The third-order valence-corrected chi connectivity index (χ3v) is 4.61. The highest BCUT2D eigenvalue weighted by Gasteiger charge is 2.23. The maximum atomic E-state index is 5.30. The summed E-state index contributed by atoms with van der Waals surface area (Å²) in [6.07, 6.45) is 2.37. The number of nitrogens with one attached hydrogen (secondary N) is 2. The number of rotatable bonds is 3. The lowest BCUT2D eigenvalue weighted by molar-refractivity contribution is 0.412. The van der Waals surface area contributed by atoms with Gasteiger partial charge in [0.15, 0.2) is 0 Å². The maximum absolute atomic E-state index is 5.30. The number of ether oxygens (including phenoxy) is 1. The SMILES string of the molecule is COc1ccc(-c2n[nH]c(C3CCCN3)c2Br)cc1C. The van der Waals surface area contributed by atoms with Gasteiger partial charge in [-0.05, 0) is 66.0 Å². The van der Waals surface area contributed by atoms with Crippen molar-refractivity contribution in [3.63, 3.8) is 0 Å². The highest BCUT2D eigenvalue weighted by Crippen LogP contribution is 2.35. The Kier molecular flexibility index (Phi) is 3.81. The monoisotopic (exact) mass is 335 g/mol. The van der Waals surface area contributed by atoms with Crippen LogP contribution in [0, 0.1) is 6.92 Å². The fourth-order valence-electron chi connectivity index (χ4n) is 2.72. The Morgan fingerprint density at radius 1 is 1.40 bits per heavy atom. The highest BCUT2D eigenvalue weighted by atomic mass is 79.9. The first-order valence-corrected chi connectivity index (χ1v) is 7.62. The van der Waals surface area contributed by atoms with Crippen LogP contribution in [0.4, 0.5) is 0 Å². The molecule has 1 unspecified atom stereocenters. The van der Waals surface area contributed by atoms with E-state index in [4.69, 9.17) is 4.74 Å². The Bertz CT molecular complexity index is 618. The minimum Gasteiger partial charge on any atom is -0.496 e. The predicted octanol–water partition coefficient (Wildman–Crippen LogP) is 3.58. The first-order chi connectivity index (χ1) is 9.70. The lowest BCUT2D eigenvalue weighted by atomic mass is 10.1. The van der Waals surface area contributed by atoms with Gasteiger partial charge in [0.05, 0.1) is 23.3 Å². The highest BCUT2D eigenvalue weighted by molar-refractivity contribution is 9.10. The van der Waals surface area contributed by atoms with Crippen LogP contribution in [0.2, 0.25) is 0 Å². The molecule has 2 N–H and O–H groups in total. The molecule has 1 aromatic heterocycles. The van der Waals surface area contributed by atoms with Crippen LogP contribution in [0.25, 0.3) is 11.3 Å². The first-order valence-electron chi connectivity index (χ1n) is 6.83. The second-order valence-electron chi connectivity index (χ2n) is 5.13. The molecule has 1 aliphatic rings. The van der Waals surface area contributed by atoms with Gasteiger partial charge in [0.2, 0.25) is 0 Å². The molecule has 20 heavy (non-hydrogen) atoms. The Labute approximate surface area is 127 Å². The Morgan fingerprint density at radius 3 is 2.90 bits per heavy atom. The van der Waals surface area contributed by atoms with E-state index in [1.54, 1.807) is 7.11 Å². The number of hydrogen-bond donors (Lipinski definition) is 2. The van der Waals surface area contributed by atoms with Crippen LogP contribution in [0.3, 0.4) is 0 Å². The van der Waals surface area contributed by atoms with E-state index < -0.39 is 0 Å². The van der Waals surface area contributed by atoms with Crippen LogP contribution in [0.1, 0.15) is 30.1 Å². The molecule has 5 heteroatoms. The van der Waals surface area contributed by atoms with Gasteiger partial charge in [-0.2, -0.15) is 5.10 Å². The molecule has 0 amide bonds. The van der Waals surface area contributed by atoms with E-state index in [-0.39, 0.29) is 0 Å². The lowest BCUT2D eigenvalue weighted by Crippen LogP contribution is -2.13. The van der Waals surface area contributed by atoms with Crippen molar-refractivity contribution in [1.29, 1.82) is 0 Å². The zero-order valence-electron chi connectivity index (χ0n) is 11.7. The molecule has 2 aromatic rings. The second-order valence-corrected chi connectivity index (χ2v) is 5.93. The zero-order chi connectivity index (χ0) is 14.1. The second kappa shape index (κ2) is 5.58. The van der Waals surface area contributed by atoms with E-state index in [2.05, 4.69) is 37.5 Å². The molecular weight excluding hydrogens is 318 g/mol. The van der Waals surface area contributed by atoms with Gasteiger partial charge in [-0.15, -0.1) is 0 Å². The lowest BCUT2D eigenvalue weighted by Gasteiger charge is -2.08. The average Bonchev–Trinajstić information content (AvgIpc) is 3.07. The number of hydrogen-bond acceptors (Lipinski definition) is 3. The molecule has 106 valence electrons. The van der Waals surface area contributed by atoms with Gasteiger partial charge in [-0.1, -0.05) is 0 Å². The minimum absolute atomic E-state index is 0.380. The molecule has 1 atom stereocenters.